The number of aryl methyl sites for hydroxylation is 1. The molecule has 0 fully saturated rings. The summed E-state index contributed by atoms with van der Waals surface area (Å²) < 4.78 is 42.7. The van der Waals surface area contributed by atoms with E-state index in [9.17, 15) is 22.8 Å². The van der Waals surface area contributed by atoms with Gasteiger partial charge in [0.2, 0.25) is 16.9 Å². The van der Waals surface area contributed by atoms with Gasteiger partial charge in [-0.3, -0.25) is 14.3 Å². The first-order chi connectivity index (χ1) is 19.1. The van der Waals surface area contributed by atoms with Gasteiger partial charge in [0, 0.05) is 26.1 Å². The van der Waals surface area contributed by atoms with Gasteiger partial charge in [0.15, 0.2) is 5.82 Å². The molecule has 0 saturated heterocycles. The molecule has 0 bridgehead atoms. The SMILES string of the molecule is Cn1ccc(CC(=O)Nc2nnc(C/C=C/Cc3ccc(NC(=O)Cc4cccc(OC(F)(F)F)c4)nn3)s2)n1. The molecule has 4 aromatic rings. The highest BCUT2D eigenvalue weighted by atomic mass is 32.1. The predicted octanol–water partition coefficient (Wildman–Crippen LogP) is 3.66. The molecule has 3 aromatic heterocycles. The predicted molar refractivity (Wildman–Crippen MR) is 139 cm³/mol. The van der Waals surface area contributed by atoms with Gasteiger partial charge in [-0.2, -0.15) is 10.2 Å². The zero-order valence-corrected chi connectivity index (χ0v) is 21.9. The lowest BCUT2D eigenvalue weighted by Crippen LogP contribution is -2.18. The summed E-state index contributed by atoms with van der Waals surface area (Å²) >= 11 is 1.28. The van der Waals surface area contributed by atoms with Crippen LogP contribution in [0.2, 0.25) is 0 Å². The second kappa shape index (κ2) is 12.9. The smallest absolute Gasteiger partial charge is 0.406 e. The van der Waals surface area contributed by atoms with Crippen LogP contribution in [0.1, 0.15) is 22.0 Å². The molecule has 208 valence electrons. The lowest BCUT2D eigenvalue weighted by atomic mass is 10.1. The fourth-order valence-electron chi connectivity index (χ4n) is 3.42. The van der Waals surface area contributed by atoms with Crippen molar-refractivity contribution in [1.29, 1.82) is 0 Å². The van der Waals surface area contributed by atoms with Gasteiger partial charge in [0.1, 0.15) is 10.8 Å². The fraction of sp³-hybridized carbons (Fsp3) is 0.240. The van der Waals surface area contributed by atoms with E-state index in [2.05, 4.69) is 40.9 Å². The topological polar surface area (TPSA) is 137 Å². The molecule has 2 amide bonds. The largest absolute Gasteiger partial charge is 0.573 e. The Labute approximate surface area is 230 Å². The van der Waals surface area contributed by atoms with Crippen LogP contribution in [0.4, 0.5) is 24.1 Å². The highest BCUT2D eigenvalue weighted by molar-refractivity contribution is 7.15. The number of hydrogen-bond acceptors (Lipinski definition) is 9. The van der Waals surface area contributed by atoms with Gasteiger partial charge in [-0.05, 0) is 35.9 Å². The second-order valence-corrected chi connectivity index (χ2v) is 9.48. The van der Waals surface area contributed by atoms with E-state index in [4.69, 9.17) is 0 Å². The Morgan fingerprint density at radius 3 is 2.48 bits per heavy atom. The first kappa shape index (κ1) is 28.4. The number of nitrogens with zero attached hydrogens (tertiary/aromatic N) is 6. The van der Waals surface area contributed by atoms with E-state index in [1.54, 1.807) is 36.1 Å². The molecular weight excluding hydrogens is 549 g/mol. The molecule has 15 heteroatoms. The summed E-state index contributed by atoms with van der Waals surface area (Å²) in [7, 11) is 1.78. The average Bonchev–Trinajstić information content (AvgIpc) is 3.50. The molecule has 1 aromatic carbocycles. The number of carbonyl (C=O) groups excluding carboxylic acids is 2. The van der Waals surface area contributed by atoms with Crippen LogP contribution in [0, 0.1) is 0 Å². The molecule has 0 radical (unpaired) electrons. The number of halogens is 3. The molecule has 11 nitrogen and oxygen atoms in total. The first-order valence-corrected chi connectivity index (χ1v) is 12.7. The third-order valence-electron chi connectivity index (χ3n) is 5.09. The number of amides is 2. The Balaban J connectivity index is 1.19. The average molecular weight is 573 g/mol. The number of nitrogens with one attached hydrogen (secondary N) is 2. The van der Waals surface area contributed by atoms with E-state index in [1.165, 1.54) is 23.5 Å². The van der Waals surface area contributed by atoms with Crippen LogP contribution in [-0.4, -0.2) is 48.4 Å². The maximum Gasteiger partial charge on any atom is 0.573 e. The van der Waals surface area contributed by atoms with Gasteiger partial charge in [-0.15, -0.1) is 28.5 Å². The van der Waals surface area contributed by atoms with Crippen LogP contribution < -0.4 is 15.4 Å². The van der Waals surface area contributed by atoms with Gasteiger partial charge in [-0.1, -0.05) is 35.6 Å². The van der Waals surface area contributed by atoms with Crippen LogP contribution in [0.25, 0.3) is 0 Å². The molecule has 0 aliphatic carbocycles. The molecule has 0 aliphatic rings. The van der Waals surface area contributed by atoms with Crippen molar-refractivity contribution in [3.63, 3.8) is 0 Å². The summed E-state index contributed by atoms with van der Waals surface area (Å²) in [6, 6.07) is 10.3. The maximum atomic E-state index is 12.4. The Morgan fingerprint density at radius 1 is 0.950 bits per heavy atom. The van der Waals surface area contributed by atoms with E-state index < -0.39 is 18.0 Å². The highest BCUT2D eigenvalue weighted by Gasteiger charge is 2.31. The third kappa shape index (κ3) is 9.27. The van der Waals surface area contributed by atoms with E-state index >= 15 is 0 Å². The van der Waals surface area contributed by atoms with E-state index in [-0.39, 0.29) is 24.6 Å². The monoisotopic (exact) mass is 572 g/mol. The number of benzene rings is 1. The molecule has 3 heterocycles. The van der Waals surface area contributed by atoms with Crippen LogP contribution >= 0.6 is 11.3 Å². The van der Waals surface area contributed by atoms with Crippen molar-refractivity contribution < 1.29 is 27.5 Å². The number of ether oxygens (including phenoxy) is 1. The summed E-state index contributed by atoms with van der Waals surface area (Å²) in [6.07, 6.45) is 1.73. The van der Waals surface area contributed by atoms with Gasteiger partial charge >= 0.3 is 6.36 Å². The van der Waals surface area contributed by atoms with E-state index in [0.29, 0.717) is 34.9 Å². The second-order valence-electron chi connectivity index (χ2n) is 8.42. The number of aromatic nitrogens is 6. The lowest BCUT2D eigenvalue weighted by Gasteiger charge is -2.10. The molecule has 4 rings (SSSR count). The molecule has 0 saturated carbocycles. The molecule has 40 heavy (non-hydrogen) atoms. The summed E-state index contributed by atoms with van der Waals surface area (Å²) in [4.78, 5) is 24.4. The Bertz CT molecular complexity index is 1480. The van der Waals surface area contributed by atoms with Crippen LogP contribution in [-0.2, 0) is 42.3 Å². The first-order valence-electron chi connectivity index (χ1n) is 11.8. The minimum absolute atomic E-state index is 0.147. The van der Waals surface area contributed by atoms with Crippen molar-refractivity contribution in [3.8, 4) is 5.75 Å². The fourth-order valence-corrected chi connectivity index (χ4v) is 4.15. The van der Waals surface area contributed by atoms with Crippen LogP contribution in [0.15, 0.2) is 60.8 Å². The van der Waals surface area contributed by atoms with Gasteiger partial charge in [-0.25, -0.2) is 0 Å². The molecule has 2 N–H and O–H groups in total. The van der Waals surface area contributed by atoms with Gasteiger partial charge < -0.3 is 15.4 Å². The van der Waals surface area contributed by atoms with Gasteiger partial charge in [0.25, 0.3) is 0 Å². The Kier molecular flexibility index (Phi) is 9.16. The van der Waals surface area contributed by atoms with E-state index in [1.807, 2.05) is 12.2 Å². The van der Waals surface area contributed by atoms with Crippen molar-refractivity contribution in [2.75, 3.05) is 10.6 Å². The molecule has 0 unspecified atom stereocenters. The quantitative estimate of drug-likeness (QED) is 0.260. The van der Waals surface area contributed by atoms with Crippen molar-refractivity contribution in [3.05, 3.63) is 82.8 Å². The summed E-state index contributed by atoms with van der Waals surface area (Å²) in [5.74, 6) is -0.868. The van der Waals surface area contributed by atoms with Crippen molar-refractivity contribution in [2.45, 2.75) is 32.0 Å². The van der Waals surface area contributed by atoms with Crippen molar-refractivity contribution in [1.82, 2.24) is 30.2 Å². The zero-order chi connectivity index (χ0) is 28.5. The number of allylic oxidation sites excluding steroid dienone is 2. The molecule has 0 atom stereocenters. The Hall–Kier alpha value is -4.66. The van der Waals surface area contributed by atoms with E-state index in [0.717, 1.165) is 17.1 Å². The lowest BCUT2D eigenvalue weighted by molar-refractivity contribution is -0.274. The van der Waals surface area contributed by atoms with Crippen LogP contribution in [0.5, 0.6) is 5.75 Å². The normalized spacial score (nSPS) is 11.5. The van der Waals surface area contributed by atoms with Gasteiger partial charge in [0.05, 0.1) is 24.2 Å². The molecule has 0 aliphatic heterocycles. The number of alkyl halides is 3. The zero-order valence-electron chi connectivity index (χ0n) is 21.1. The minimum Gasteiger partial charge on any atom is -0.406 e. The molecule has 0 spiro atoms. The maximum absolute atomic E-state index is 12.4. The third-order valence-corrected chi connectivity index (χ3v) is 5.95. The summed E-state index contributed by atoms with van der Waals surface area (Å²) in [5, 5.41) is 26.7. The summed E-state index contributed by atoms with van der Waals surface area (Å²) in [6.45, 7) is 0. The highest BCUT2D eigenvalue weighted by Crippen LogP contribution is 2.23. The minimum atomic E-state index is -4.81. The van der Waals surface area contributed by atoms with Crippen LogP contribution in [0.3, 0.4) is 0 Å². The Morgan fingerprint density at radius 2 is 1.75 bits per heavy atom. The number of anilines is 2. The number of rotatable bonds is 11. The number of carbonyl (C=O) groups is 2. The van der Waals surface area contributed by atoms with Crippen molar-refractivity contribution >= 4 is 34.1 Å². The molecular formula is C25H23F3N8O3S. The standard InChI is InChI=1S/C25H23F3N8O3S/c1-36-12-11-18(35-36)15-22(38)30-24-34-33-23(40-24)8-3-2-6-17-9-10-20(32-31-17)29-21(37)14-16-5-4-7-19(13-16)39-25(26,27)28/h2-5,7,9-13H,6,8,14-15H2,1H3,(H,29,32,37)(H,30,34,38)/b3-2+. The summed E-state index contributed by atoms with van der Waals surface area (Å²) in [5.41, 5.74) is 1.67. The number of hydrogen-bond donors (Lipinski definition) is 2. The van der Waals surface area contributed by atoms with Crippen molar-refractivity contribution in [2.24, 2.45) is 7.05 Å².